The van der Waals surface area contributed by atoms with Gasteiger partial charge in [-0.2, -0.15) is 13.2 Å². The molecule has 1 saturated carbocycles. The van der Waals surface area contributed by atoms with Crippen molar-refractivity contribution in [2.24, 2.45) is 15.9 Å². The molecule has 2 aromatic rings. The van der Waals surface area contributed by atoms with Gasteiger partial charge < -0.3 is 10.2 Å². The van der Waals surface area contributed by atoms with Crippen molar-refractivity contribution >= 4 is 24.3 Å². The van der Waals surface area contributed by atoms with E-state index < -0.39 is 11.9 Å². The van der Waals surface area contributed by atoms with Crippen molar-refractivity contribution in [2.75, 3.05) is 11.9 Å². The number of fused-ring (bicyclic) bond motifs is 2. The number of allylic oxidation sites excluding steroid dienone is 1. The number of amides is 1. The normalized spacial score (nSPS) is 22.4. The van der Waals surface area contributed by atoms with E-state index in [1.165, 1.54) is 0 Å². The second kappa shape index (κ2) is 9.32. The Labute approximate surface area is 194 Å². The first kappa shape index (κ1) is 23.5. The summed E-state index contributed by atoms with van der Waals surface area (Å²) in [6.07, 6.45) is 2.12. The molecular weight excluding hydrogens is 447 g/mol. The van der Waals surface area contributed by atoms with Crippen LogP contribution in [0.1, 0.15) is 47.2 Å². The Balaban J connectivity index is 1.57. The maximum Gasteiger partial charge on any atom is 0.434 e. The quantitative estimate of drug-likeness (QED) is 0.527. The van der Waals surface area contributed by atoms with E-state index in [-0.39, 0.29) is 35.4 Å². The summed E-state index contributed by atoms with van der Waals surface area (Å²) in [7, 11) is 0. The van der Waals surface area contributed by atoms with Crippen LogP contribution in [0.15, 0.2) is 46.8 Å². The molecule has 2 aromatic heterocycles. The van der Waals surface area contributed by atoms with Crippen molar-refractivity contribution in [3.63, 3.8) is 0 Å². The summed E-state index contributed by atoms with van der Waals surface area (Å²) in [6, 6.07) is 3.24. The molecule has 4 rings (SSSR count). The van der Waals surface area contributed by atoms with E-state index in [2.05, 4.69) is 37.0 Å². The Morgan fingerprint density at radius 2 is 2.06 bits per heavy atom. The fourth-order valence-corrected chi connectivity index (χ4v) is 4.53. The number of carbonyl (C=O) groups is 1. The third-order valence-electron chi connectivity index (χ3n) is 5.99. The van der Waals surface area contributed by atoms with Crippen LogP contribution in [-0.2, 0) is 6.18 Å². The lowest BCUT2D eigenvalue weighted by Gasteiger charge is -2.34. The fourth-order valence-electron chi connectivity index (χ4n) is 4.53. The van der Waals surface area contributed by atoms with E-state index in [9.17, 15) is 18.0 Å². The number of likely N-dealkylation sites (tertiary alicyclic amines) is 1. The molecule has 178 valence electrons. The van der Waals surface area contributed by atoms with Crippen LogP contribution in [0.3, 0.4) is 0 Å². The highest BCUT2D eigenvalue weighted by molar-refractivity contribution is 6.10. The van der Waals surface area contributed by atoms with Crippen LogP contribution in [0.2, 0.25) is 0 Å². The monoisotopic (exact) mass is 471 g/mol. The molecule has 3 heterocycles. The number of nitrogens with one attached hydrogen (secondary N) is 1. The largest absolute Gasteiger partial charge is 0.434 e. The molecule has 34 heavy (non-hydrogen) atoms. The van der Waals surface area contributed by atoms with Gasteiger partial charge in [0.05, 0.1) is 24.0 Å². The number of hydrogen-bond acceptors (Lipinski definition) is 6. The summed E-state index contributed by atoms with van der Waals surface area (Å²) in [5.74, 6) is 0.570. The van der Waals surface area contributed by atoms with Gasteiger partial charge in [0.1, 0.15) is 11.5 Å². The molecule has 8 nitrogen and oxygen atoms in total. The van der Waals surface area contributed by atoms with Crippen molar-refractivity contribution in [1.29, 1.82) is 0 Å². The Morgan fingerprint density at radius 1 is 1.26 bits per heavy atom. The minimum atomic E-state index is -4.55. The van der Waals surface area contributed by atoms with Crippen molar-refractivity contribution in [2.45, 2.75) is 44.9 Å². The zero-order chi connectivity index (χ0) is 24.5. The number of anilines is 1. The van der Waals surface area contributed by atoms with Gasteiger partial charge in [-0.25, -0.2) is 24.9 Å². The number of pyridine rings is 1. The highest BCUT2D eigenvalue weighted by atomic mass is 19.4. The van der Waals surface area contributed by atoms with Gasteiger partial charge in [0.25, 0.3) is 5.91 Å². The smallest absolute Gasteiger partial charge is 0.364 e. The van der Waals surface area contributed by atoms with Crippen molar-refractivity contribution in [1.82, 2.24) is 19.9 Å². The first-order chi connectivity index (χ1) is 16.2. The van der Waals surface area contributed by atoms with E-state index in [1.807, 2.05) is 6.92 Å². The lowest BCUT2D eigenvalue weighted by molar-refractivity contribution is -0.141. The van der Waals surface area contributed by atoms with Crippen molar-refractivity contribution in [3.8, 4) is 0 Å². The van der Waals surface area contributed by atoms with E-state index >= 15 is 0 Å². The number of nitrogens with zero attached hydrogens (tertiary/aromatic N) is 6. The number of aryl methyl sites for hydroxylation is 1. The topological polar surface area (TPSA) is 95.7 Å². The molecule has 1 aliphatic heterocycles. The number of halogens is 3. The lowest BCUT2D eigenvalue weighted by Crippen LogP contribution is -2.48. The maximum absolute atomic E-state index is 13.6. The second-order valence-electron chi connectivity index (χ2n) is 8.34. The first-order valence-electron chi connectivity index (χ1n) is 10.8. The van der Waals surface area contributed by atoms with Crippen molar-refractivity contribution < 1.29 is 18.0 Å². The molecule has 0 radical (unpaired) electrons. The SMILES string of the molecule is C=N/C(=N\C=C/C)c1ccc(C)nc1C(=O)N1CC2CC(Nc3cnc(C(F)(F)F)cn3)C1C2. The van der Waals surface area contributed by atoms with E-state index in [1.54, 1.807) is 36.2 Å². The highest BCUT2D eigenvalue weighted by Crippen LogP contribution is 2.40. The average molecular weight is 471 g/mol. The second-order valence-corrected chi connectivity index (χ2v) is 8.34. The zero-order valence-electron chi connectivity index (χ0n) is 18.8. The number of piperidine rings is 1. The molecule has 0 aromatic carbocycles. The number of rotatable bonds is 5. The van der Waals surface area contributed by atoms with E-state index in [0.717, 1.165) is 19.0 Å². The predicted molar refractivity (Wildman–Crippen MR) is 122 cm³/mol. The summed E-state index contributed by atoms with van der Waals surface area (Å²) in [4.78, 5) is 35.4. The summed E-state index contributed by atoms with van der Waals surface area (Å²) in [6.45, 7) is 7.77. The number of aliphatic imine (C=N–C) groups is 2. The summed E-state index contributed by atoms with van der Waals surface area (Å²) < 4.78 is 38.3. The van der Waals surface area contributed by atoms with Gasteiger partial charge in [0.2, 0.25) is 0 Å². The van der Waals surface area contributed by atoms with Crippen LogP contribution < -0.4 is 5.32 Å². The predicted octanol–water partition coefficient (Wildman–Crippen LogP) is 3.89. The number of amidine groups is 1. The molecule has 3 atom stereocenters. The average Bonchev–Trinajstić information content (AvgIpc) is 3.40. The summed E-state index contributed by atoms with van der Waals surface area (Å²) in [5.41, 5.74) is 0.369. The standard InChI is InChI=1S/C23H24F3N7O/c1-4-7-28-21(27-3)15-6-5-13(2)31-20(15)22(34)33-12-14-8-16(17(33)9-14)32-19-11-29-18(10-30-19)23(24,25)26/h4-7,10-11,14,16-17H,3,8-9,12H2,1-2H3,(H,30,32)/b7-4-,28-21-. The first-order valence-corrected chi connectivity index (χ1v) is 10.8. The van der Waals surface area contributed by atoms with Crippen LogP contribution >= 0.6 is 0 Å². The van der Waals surface area contributed by atoms with Gasteiger partial charge in [-0.05, 0) is 51.5 Å². The van der Waals surface area contributed by atoms with Gasteiger partial charge in [0.15, 0.2) is 11.5 Å². The lowest BCUT2D eigenvalue weighted by atomic mass is 10.0. The minimum Gasteiger partial charge on any atom is -0.364 e. The third-order valence-corrected chi connectivity index (χ3v) is 5.99. The number of aromatic nitrogens is 3. The Bertz CT molecular complexity index is 1140. The molecule has 2 fully saturated rings. The Kier molecular flexibility index (Phi) is 6.45. The van der Waals surface area contributed by atoms with E-state index in [0.29, 0.717) is 29.8 Å². The highest BCUT2D eigenvalue weighted by Gasteiger charge is 2.48. The number of hydrogen-bond donors (Lipinski definition) is 1. The number of alkyl halides is 3. The molecule has 1 aliphatic carbocycles. The van der Waals surface area contributed by atoms with Crippen LogP contribution in [0.5, 0.6) is 0 Å². The molecular formula is C23H24F3N7O. The van der Waals surface area contributed by atoms with Crippen LogP contribution in [0.4, 0.5) is 19.0 Å². The molecule has 2 aliphatic rings. The van der Waals surface area contributed by atoms with Gasteiger partial charge in [-0.3, -0.25) is 4.79 Å². The Morgan fingerprint density at radius 3 is 2.68 bits per heavy atom. The molecule has 1 saturated heterocycles. The molecule has 1 N–H and O–H groups in total. The van der Waals surface area contributed by atoms with Crippen LogP contribution in [0.25, 0.3) is 0 Å². The zero-order valence-corrected chi connectivity index (χ0v) is 18.8. The van der Waals surface area contributed by atoms with Gasteiger partial charge in [0, 0.05) is 24.5 Å². The van der Waals surface area contributed by atoms with Gasteiger partial charge >= 0.3 is 6.18 Å². The van der Waals surface area contributed by atoms with Gasteiger partial charge in [-0.15, -0.1) is 0 Å². The number of carbonyl (C=O) groups excluding carboxylic acids is 1. The molecule has 3 unspecified atom stereocenters. The molecule has 1 amide bonds. The summed E-state index contributed by atoms with van der Waals surface area (Å²) >= 11 is 0. The third kappa shape index (κ3) is 4.68. The molecule has 11 heteroatoms. The molecule has 0 spiro atoms. The van der Waals surface area contributed by atoms with Gasteiger partial charge in [-0.1, -0.05) is 6.08 Å². The maximum atomic E-state index is 13.6. The Hall–Kier alpha value is -3.63. The molecule has 2 bridgehead atoms. The van der Waals surface area contributed by atoms with Crippen LogP contribution in [0, 0.1) is 12.8 Å². The van der Waals surface area contributed by atoms with Crippen LogP contribution in [-0.4, -0.2) is 56.9 Å². The minimum absolute atomic E-state index is 0.149. The summed E-state index contributed by atoms with van der Waals surface area (Å²) in [5, 5.41) is 3.16. The van der Waals surface area contributed by atoms with Crippen molar-refractivity contribution in [3.05, 3.63) is 59.4 Å². The fraction of sp³-hybridized carbons (Fsp3) is 0.391. The van der Waals surface area contributed by atoms with E-state index in [4.69, 9.17) is 0 Å².